The highest BCUT2D eigenvalue weighted by Gasteiger charge is 2.32. The summed E-state index contributed by atoms with van der Waals surface area (Å²) in [4.78, 5) is 23.3. The van der Waals surface area contributed by atoms with Crippen LogP contribution in [0.15, 0.2) is 0 Å². The molecular weight excluding hydrogens is 352 g/mol. The number of carbonyl (C=O) groups excluding carboxylic acids is 2. The van der Waals surface area contributed by atoms with Crippen LogP contribution in [-0.2, 0) is 19.1 Å². The third kappa shape index (κ3) is 6.65. The van der Waals surface area contributed by atoms with Gasteiger partial charge in [0.25, 0.3) is 0 Å². The number of aliphatic hydroxyl groups is 1. The summed E-state index contributed by atoms with van der Waals surface area (Å²) < 4.78 is 9.60. The Kier molecular flexibility index (Phi) is 9.92. The van der Waals surface area contributed by atoms with Crippen molar-refractivity contribution in [2.24, 2.45) is 23.7 Å². The summed E-state index contributed by atoms with van der Waals surface area (Å²) in [6.45, 7) is 7.73. The monoisotopic (exact) mass is 380 g/mol. The molecule has 0 saturated carbocycles. The zero-order chi connectivity index (χ0) is 17.4. The lowest BCUT2D eigenvalue weighted by molar-refractivity contribution is -0.149. The molecule has 1 N–H and O–H groups in total. The molecule has 0 radical (unpaired) electrons. The molecule has 0 amide bonds. The molecule has 5 nitrogen and oxygen atoms in total. The zero-order valence-electron chi connectivity index (χ0n) is 14.3. The van der Waals surface area contributed by atoms with Gasteiger partial charge in [-0.25, -0.2) is 0 Å². The first-order chi connectivity index (χ1) is 10.1. The fraction of sp³-hybridized carbons (Fsp3) is 0.875. The molecule has 0 saturated heterocycles. The first-order valence-electron chi connectivity index (χ1n) is 7.63. The van der Waals surface area contributed by atoms with E-state index in [2.05, 4.69) is 15.9 Å². The Morgan fingerprint density at radius 2 is 1.27 bits per heavy atom. The molecule has 0 spiro atoms. The number of alkyl halides is 1. The molecular formula is C16H29BrO5. The molecule has 0 heterocycles. The lowest BCUT2D eigenvalue weighted by atomic mass is 9.85. The highest BCUT2D eigenvalue weighted by atomic mass is 79.9. The summed E-state index contributed by atoms with van der Waals surface area (Å²) in [6.07, 6.45) is 0.0152. The quantitative estimate of drug-likeness (QED) is 0.491. The Balaban J connectivity index is 4.79. The lowest BCUT2D eigenvalue weighted by Crippen LogP contribution is -2.34. The van der Waals surface area contributed by atoms with E-state index in [1.165, 1.54) is 14.2 Å². The van der Waals surface area contributed by atoms with Crippen molar-refractivity contribution in [3.8, 4) is 0 Å². The Morgan fingerprint density at radius 1 is 0.909 bits per heavy atom. The van der Waals surface area contributed by atoms with Gasteiger partial charge in [-0.1, -0.05) is 43.6 Å². The molecule has 0 unspecified atom stereocenters. The van der Waals surface area contributed by atoms with E-state index in [1.807, 2.05) is 27.7 Å². The van der Waals surface area contributed by atoms with E-state index in [4.69, 9.17) is 9.47 Å². The first kappa shape index (κ1) is 21.4. The average Bonchev–Trinajstić information content (AvgIpc) is 2.47. The van der Waals surface area contributed by atoms with Gasteiger partial charge >= 0.3 is 11.9 Å². The van der Waals surface area contributed by atoms with Gasteiger partial charge < -0.3 is 14.6 Å². The van der Waals surface area contributed by atoms with E-state index in [0.29, 0.717) is 12.8 Å². The molecule has 0 aromatic heterocycles. The highest BCUT2D eigenvalue weighted by Crippen LogP contribution is 2.28. The molecule has 0 rings (SSSR count). The van der Waals surface area contributed by atoms with E-state index in [0.717, 1.165) is 0 Å². The number of rotatable bonds is 9. The number of methoxy groups -OCH3 is 2. The maximum atomic E-state index is 11.8. The van der Waals surface area contributed by atoms with Gasteiger partial charge in [-0.3, -0.25) is 9.59 Å². The highest BCUT2D eigenvalue weighted by molar-refractivity contribution is 9.09. The van der Waals surface area contributed by atoms with Gasteiger partial charge in [-0.15, -0.1) is 0 Å². The van der Waals surface area contributed by atoms with Gasteiger partial charge in [0.2, 0.25) is 0 Å². The summed E-state index contributed by atoms with van der Waals surface area (Å²) in [5.41, 5.74) is 0. The minimum absolute atomic E-state index is 0.0725. The summed E-state index contributed by atoms with van der Waals surface area (Å²) in [7, 11) is 2.71. The van der Waals surface area contributed by atoms with Crippen molar-refractivity contribution in [3.05, 3.63) is 0 Å². The van der Waals surface area contributed by atoms with Crippen LogP contribution < -0.4 is 0 Å². The Morgan fingerprint density at radius 3 is 1.59 bits per heavy atom. The van der Waals surface area contributed by atoms with Gasteiger partial charge in [0, 0.05) is 4.83 Å². The van der Waals surface area contributed by atoms with Crippen LogP contribution in [0.3, 0.4) is 0 Å². The van der Waals surface area contributed by atoms with Crippen LogP contribution in [0.4, 0.5) is 0 Å². The van der Waals surface area contributed by atoms with E-state index in [-0.39, 0.29) is 40.4 Å². The maximum absolute atomic E-state index is 11.8. The second kappa shape index (κ2) is 10.2. The van der Waals surface area contributed by atoms with Gasteiger partial charge in [0.1, 0.15) is 0 Å². The van der Waals surface area contributed by atoms with Gasteiger partial charge in [0.15, 0.2) is 0 Å². The van der Waals surface area contributed by atoms with Gasteiger partial charge in [0.05, 0.1) is 32.2 Å². The summed E-state index contributed by atoms with van der Waals surface area (Å²) in [5.74, 6) is -1.07. The van der Waals surface area contributed by atoms with Crippen LogP contribution in [0, 0.1) is 23.7 Å². The molecule has 6 heteroatoms. The van der Waals surface area contributed by atoms with Crippen molar-refractivity contribution < 1.29 is 24.2 Å². The fourth-order valence-electron chi connectivity index (χ4n) is 2.39. The van der Waals surface area contributed by atoms with Crippen molar-refractivity contribution in [2.75, 3.05) is 14.2 Å². The minimum Gasteiger partial charge on any atom is -0.469 e. The predicted molar refractivity (Wildman–Crippen MR) is 88.6 cm³/mol. The maximum Gasteiger partial charge on any atom is 0.309 e. The molecule has 130 valence electrons. The predicted octanol–water partition coefficient (Wildman–Crippen LogP) is 2.78. The molecule has 0 aliphatic heterocycles. The van der Waals surface area contributed by atoms with Crippen LogP contribution in [0.25, 0.3) is 0 Å². The standard InChI is InChI=1S/C16H29BrO5/c1-9(2)11(15(19)21-5)7-13(17)14(18)8-12(10(3)4)16(20)22-6/h9-14,18H,7-8H2,1-6H3/t11-,12-,13+,14-/m0/s1. The number of ether oxygens (including phenoxy) is 2. The fourth-order valence-corrected chi connectivity index (χ4v) is 3.01. The number of esters is 2. The van der Waals surface area contributed by atoms with Gasteiger partial charge in [-0.05, 0) is 24.7 Å². The molecule has 0 aliphatic carbocycles. The third-order valence-corrected chi connectivity index (χ3v) is 4.99. The Labute approximate surface area is 141 Å². The van der Waals surface area contributed by atoms with Crippen LogP contribution in [-0.4, -0.2) is 42.2 Å². The smallest absolute Gasteiger partial charge is 0.309 e. The largest absolute Gasteiger partial charge is 0.469 e. The minimum atomic E-state index is -0.739. The van der Waals surface area contributed by atoms with Crippen LogP contribution >= 0.6 is 15.9 Å². The summed E-state index contributed by atoms with van der Waals surface area (Å²) in [6, 6.07) is 0. The van der Waals surface area contributed by atoms with Crippen molar-refractivity contribution in [2.45, 2.75) is 51.5 Å². The summed E-state index contributed by atoms with van der Waals surface area (Å²) in [5, 5.41) is 10.4. The molecule has 0 aromatic carbocycles. The number of halogens is 1. The van der Waals surface area contributed by atoms with Crippen LogP contribution in [0.1, 0.15) is 40.5 Å². The topological polar surface area (TPSA) is 72.8 Å². The molecule has 22 heavy (non-hydrogen) atoms. The average molecular weight is 381 g/mol. The second-order valence-electron chi connectivity index (χ2n) is 6.30. The third-order valence-electron chi connectivity index (χ3n) is 4.01. The van der Waals surface area contributed by atoms with Gasteiger partial charge in [-0.2, -0.15) is 0 Å². The Hall–Kier alpha value is -0.620. The molecule has 0 aliphatic rings. The zero-order valence-corrected chi connectivity index (χ0v) is 15.9. The molecule has 0 fully saturated rings. The molecule has 0 aromatic rings. The normalized spacial score (nSPS) is 17.0. The van der Waals surface area contributed by atoms with Crippen LogP contribution in [0.5, 0.6) is 0 Å². The number of hydrogen-bond donors (Lipinski definition) is 1. The Bertz CT molecular complexity index is 322. The first-order valence-corrected chi connectivity index (χ1v) is 8.54. The molecule has 4 atom stereocenters. The van der Waals surface area contributed by atoms with Crippen molar-refractivity contribution in [1.29, 1.82) is 0 Å². The van der Waals surface area contributed by atoms with E-state index < -0.39 is 6.10 Å². The SMILES string of the molecule is COC(=O)[C@@H](C[C@@H](Br)[C@@H](O)C[C@H](C(=O)OC)C(C)C)C(C)C. The van der Waals surface area contributed by atoms with Crippen molar-refractivity contribution in [3.63, 3.8) is 0 Å². The molecule has 0 bridgehead atoms. The summed E-state index contributed by atoms with van der Waals surface area (Å²) >= 11 is 3.45. The van der Waals surface area contributed by atoms with Crippen LogP contribution in [0.2, 0.25) is 0 Å². The number of carbonyl (C=O) groups is 2. The second-order valence-corrected chi connectivity index (χ2v) is 7.48. The van der Waals surface area contributed by atoms with E-state index in [9.17, 15) is 14.7 Å². The van der Waals surface area contributed by atoms with E-state index in [1.54, 1.807) is 0 Å². The van der Waals surface area contributed by atoms with Crippen molar-refractivity contribution in [1.82, 2.24) is 0 Å². The van der Waals surface area contributed by atoms with E-state index >= 15 is 0 Å². The number of hydrogen-bond acceptors (Lipinski definition) is 5. The number of aliphatic hydroxyl groups excluding tert-OH is 1. The van der Waals surface area contributed by atoms with Crippen molar-refractivity contribution >= 4 is 27.9 Å². The lowest BCUT2D eigenvalue weighted by Gasteiger charge is -2.27.